The third kappa shape index (κ3) is 4.92. The van der Waals surface area contributed by atoms with Gasteiger partial charge in [-0.15, -0.1) is 11.6 Å². The molecule has 1 amide bonds. The van der Waals surface area contributed by atoms with Crippen LogP contribution in [0, 0.1) is 10.1 Å². The number of carbonyl (C=O) groups is 1. The number of alkyl halides is 1. The van der Waals surface area contributed by atoms with Crippen molar-refractivity contribution in [3.63, 3.8) is 0 Å². The first kappa shape index (κ1) is 24.5. The van der Waals surface area contributed by atoms with Crippen LogP contribution >= 0.6 is 11.6 Å². The second-order valence-corrected chi connectivity index (χ2v) is 9.97. The molecule has 1 aliphatic heterocycles. The normalized spacial score (nSPS) is 13.5. The predicted octanol–water partition coefficient (Wildman–Crippen LogP) is 4.54. The Morgan fingerprint density at radius 2 is 1.74 bits per heavy atom. The zero-order valence-electron chi connectivity index (χ0n) is 18.4. The molecule has 1 atom stereocenters. The summed E-state index contributed by atoms with van der Waals surface area (Å²) < 4.78 is 29.4. The zero-order chi connectivity index (χ0) is 25.3. The zero-order valence-corrected chi connectivity index (χ0v) is 20.0. The maximum atomic E-state index is 12.8. The maximum Gasteiger partial charge on any atom is 0.310 e. The van der Waals surface area contributed by atoms with Crippen LogP contribution in [-0.4, -0.2) is 32.2 Å². The highest BCUT2D eigenvalue weighted by atomic mass is 35.5. The highest BCUT2D eigenvalue weighted by Crippen LogP contribution is 2.38. The molecule has 1 heterocycles. The van der Waals surface area contributed by atoms with Crippen molar-refractivity contribution in [3.8, 4) is 16.9 Å². The lowest BCUT2D eigenvalue weighted by Gasteiger charge is -2.17. The van der Waals surface area contributed by atoms with E-state index in [0.29, 0.717) is 39.3 Å². The standard InChI is InChI=1S/C23H21ClN4O6S/c1-34-21-12-14(4-7-20(21)28(30)31)13-2-5-16-18(10-13)26-19-11-15(3-6-17(19)27-23(16)29)22(8-9-24)35(25,32)33/h2-7,10-12,22,26H,8-9H2,1H3,(H,27,29)(H2,25,32,33). The predicted molar refractivity (Wildman–Crippen MR) is 134 cm³/mol. The number of halogens is 1. The van der Waals surface area contributed by atoms with E-state index in [1.54, 1.807) is 48.5 Å². The summed E-state index contributed by atoms with van der Waals surface area (Å²) in [5, 5.41) is 21.6. The molecule has 182 valence electrons. The third-order valence-electron chi connectivity index (χ3n) is 5.67. The Hall–Kier alpha value is -3.67. The number of nitro benzene ring substituents is 1. The number of amides is 1. The molecule has 4 N–H and O–H groups in total. The minimum absolute atomic E-state index is 0.104. The monoisotopic (exact) mass is 516 g/mol. The lowest BCUT2D eigenvalue weighted by atomic mass is 10.0. The number of hydrogen-bond acceptors (Lipinski definition) is 7. The summed E-state index contributed by atoms with van der Waals surface area (Å²) in [7, 11) is -2.56. The van der Waals surface area contributed by atoms with Crippen LogP contribution in [0.15, 0.2) is 54.6 Å². The van der Waals surface area contributed by atoms with Gasteiger partial charge in [0.2, 0.25) is 10.0 Å². The van der Waals surface area contributed by atoms with Crippen molar-refractivity contribution >= 4 is 50.3 Å². The first-order chi connectivity index (χ1) is 16.6. The van der Waals surface area contributed by atoms with Gasteiger partial charge in [0.25, 0.3) is 5.91 Å². The van der Waals surface area contributed by atoms with E-state index in [-0.39, 0.29) is 29.6 Å². The van der Waals surface area contributed by atoms with Crippen LogP contribution in [-0.2, 0) is 10.0 Å². The van der Waals surface area contributed by atoms with Gasteiger partial charge in [0.1, 0.15) is 5.25 Å². The van der Waals surface area contributed by atoms with Crippen LogP contribution in [0.1, 0.15) is 27.6 Å². The fourth-order valence-corrected chi connectivity index (χ4v) is 5.28. The van der Waals surface area contributed by atoms with E-state index in [1.165, 1.54) is 13.2 Å². The number of nitro groups is 1. The molecular weight excluding hydrogens is 496 g/mol. The van der Waals surface area contributed by atoms with Crippen molar-refractivity contribution < 1.29 is 22.9 Å². The number of anilines is 3. The second-order valence-electron chi connectivity index (χ2n) is 7.84. The van der Waals surface area contributed by atoms with Crippen molar-refractivity contribution in [1.82, 2.24) is 0 Å². The number of ether oxygens (including phenoxy) is 1. The molecule has 0 spiro atoms. The number of carbonyl (C=O) groups excluding carboxylic acids is 1. The van der Waals surface area contributed by atoms with Gasteiger partial charge in [-0.1, -0.05) is 12.1 Å². The number of methoxy groups -OCH3 is 1. The lowest BCUT2D eigenvalue weighted by Crippen LogP contribution is -2.22. The molecule has 12 heteroatoms. The van der Waals surface area contributed by atoms with Gasteiger partial charge in [0, 0.05) is 11.9 Å². The van der Waals surface area contributed by atoms with Gasteiger partial charge in [-0.2, -0.15) is 0 Å². The summed E-state index contributed by atoms with van der Waals surface area (Å²) >= 11 is 5.79. The molecule has 3 aromatic carbocycles. The fourth-order valence-electron chi connectivity index (χ4n) is 3.96. The van der Waals surface area contributed by atoms with E-state index in [0.717, 1.165) is 0 Å². The molecule has 0 saturated heterocycles. The topological polar surface area (TPSA) is 154 Å². The number of primary sulfonamides is 1. The molecule has 0 bridgehead atoms. The number of benzene rings is 3. The van der Waals surface area contributed by atoms with Crippen molar-refractivity contribution in [1.29, 1.82) is 0 Å². The van der Waals surface area contributed by atoms with Crippen molar-refractivity contribution in [3.05, 3.63) is 75.8 Å². The number of sulfonamides is 1. The highest BCUT2D eigenvalue weighted by molar-refractivity contribution is 7.89. The third-order valence-corrected chi connectivity index (χ3v) is 7.19. The summed E-state index contributed by atoms with van der Waals surface area (Å²) in [6, 6.07) is 14.4. The van der Waals surface area contributed by atoms with Gasteiger partial charge >= 0.3 is 5.69 Å². The van der Waals surface area contributed by atoms with E-state index in [9.17, 15) is 23.3 Å². The van der Waals surface area contributed by atoms with E-state index in [1.807, 2.05) is 0 Å². The average Bonchev–Trinajstić information content (AvgIpc) is 2.95. The van der Waals surface area contributed by atoms with Gasteiger partial charge < -0.3 is 15.4 Å². The number of nitrogens with one attached hydrogen (secondary N) is 2. The fraction of sp³-hybridized carbons (Fsp3) is 0.174. The number of fused-ring (bicyclic) bond motifs is 2. The molecule has 0 saturated carbocycles. The van der Waals surface area contributed by atoms with Crippen molar-refractivity contribution in [2.45, 2.75) is 11.7 Å². The molecule has 0 radical (unpaired) electrons. The van der Waals surface area contributed by atoms with Gasteiger partial charge in [-0.3, -0.25) is 14.9 Å². The summed E-state index contributed by atoms with van der Waals surface area (Å²) in [6.07, 6.45) is 0.133. The van der Waals surface area contributed by atoms with Crippen molar-refractivity contribution in [2.24, 2.45) is 5.14 Å². The van der Waals surface area contributed by atoms with Gasteiger partial charge in [-0.25, -0.2) is 13.6 Å². The molecule has 0 aliphatic carbocycles. The van der Waals surface area contributed by atoms with Crippen LogP contribution in [0.5, 0.6) is 5.75 Å². The van der Waals surface area contributed by atoms with Crippen LogP contribution < -0.4 is 20.5 Å². The maximum absolute atomic E-state index is 12.8. The summed E-state index contributed by atoms with van der Waals surface area (Å²) in [6.45, 7) is 0. The van der Waals surface area contributed by atoms with Crippen molar-refractivity contribution in [2.75, 3.05) is 23.6 Å². The van der Waals surface area contributed by atoms with Gasteiger partial charge in [-0.05, 0) is 59.5 Å². The van der Waals surface area contributed by atoms with E-state index in [4.69, 9.17) is 21.5 Å². The molecular formula is C23H21ClN4O6S. The van der Waals surface area contributed by atoms with Crippen LogP contribution in [0.25, 0.3) is 11.1 Å². The Bertz CT molecular complexity index is 1440. The molecule has 0 aromatic heterocycles. The number of hydrogen-bond donors (Lipinski definition) is 3. The molecule has 3 aromatic rings. The minimum Gasteiger partial charge on any atom is -0.490 e. The molecule has 1 unspecified atom stereocenters. The molecule has 4 rings (SSSR count). The SMILES string of the molecule is COc1cc(-c2ccc3c(c2)Nc2cc(C(CCCl)S(N)(=O)=O)ccc2NC3=O)ccc1[N+](=O)[O-]. The summed E-state index contributed by atoms with van der Waals surface area (Å²) in [4.78, 5) is 23.5. The molecule has 1 aliphatic rings. The van der Waals surface area contributed by atoms with Gasteiger partial charge in [0.05, 0.1) is 34.7 Å². The van der Waals surface area contributed by atoms with Crippen LogP contribution in [0.2, 0.25) is 0 Å². The Labute approximate surface area is 206 Å². The van der Waals surface area contributed by atoms with Gasteiger partial charge in [0.15, 0.2) is 5.75 Å². The Morgan fingerprint density at radius 1 is 1.03 bits per heavy atom. The Balaban J connectivity index is 1.77. The lowest BCUT2D eigenvalue weighted by molar-refractivity contribution is -0.385. The molecule has 10 nitrogen and oxygen atoms in total. The first-order valence-corrected chi connectivity index (χ1v) is 12.5. The van der Waals surface area contributed by atoms with Crippen LogP contribution in [0.4, 0.5) is 22.7 Å². The largest absolute Gasteiger partial charge is 0.490 e. The first-order valence-electron chi connectivity index (χ1n) is 10.4. The number of nitrogens with two attached hydrogens (primary N) is 1. The smallest absolute Gasteiger partial charge is 0.310 e. The Kier molecular flexibility index (Phi) is 6.66. The summed E-state index contributed by atoms with van der Waals surface area (Å²) in [5.74, 6) is -0.139. The second kappa shape index (κ2) is 9.53. The van der Waals surface area contributed by atoms with Crippen LogP contribution in [0.3, 0.4) is 0 Å². The molecule has 0 fully saturated rings. The van der Waals surface area contributed by atoms with E-state index in [2.05, 4.69) is 10.6 Å². The number of nitrogens with zero attached hydrogens (tertiary/aromatic N) is 1. The highest BCUT2D eigenvalue weighted by Gasteiger charge is 2.26. The minimum atomic E-state index is -3.91. The van der Waals surface area contributed by atoms with E-state index < -0.39 is 20.2 Å². The quantitative estimate of drug-likeness (QED) is 0.236. The summed E-state index contributed by atoms with van der Waals surface area (Å²) in [5.41, 5.74) is 3.39. The average molecular weight is 517 g/mol. The number of rotatable bonds is 7. The van der Waals surface area contributed by atoms with E-state index >= 15 is 0 Å². The Morgan fingerprint density at radius 3 is 2.40 bits per heavy atom. The molecule has 35 heavy (non-hydrogen) atoms.